The fraction of sp³-hybridized carbons (Fsp3) is 0.0526. The zero-order chi connectivity index (χ0) is 30.1. The lowest BCUT2D eigenvalue weighted by molar-refractivity contribution is 0.595. The Labute approximate surface area is 258 Å². The van der Waals surface area contributed by atoms with Gasteiger partial charge >= 0.3 is 0 Å². The van der Waals surface area contributed by atoms with Gasteiger partial charge in [-0.05, 0) is 60.7 Å². The highest BCUT2D eigenvalue weighted by Gasteiger charge is 2.34. The summed E-state index contributed by atoms with van der Waals surface area (Å²) in [5, 5.41) is 5.20. The summed E-state index contributed by atoms with van der Waals surface area (Å²) in [6.45, 7) is 4.77. The average molecular weight is 607 g/mol. The van der Waals surface area contributed by atoms with Crippen LogP contribution in [0.15, 0.2) is 155 Å². The van der Waals surface area contributed by atoms with Crippen LogP contribution in [0.1, 0.15) is 0 Å². The molecule has 4 nitrogen and oxygen atoms in total. The molecule has 0 radical (unpaired) electrons. The summed E-state index contributed by atoms with van der Waals surface area (Å²) in [7, 11) is -5.62. The fourth-order valence-corrected chi connectivity index (χ4v) is 10.6. The Kier molecular flexibility index (Phi) is 5.95. The number of nitrogens with zero attached hydrogens (tertiary/aromatic N) is 2. The van der Waals surface area contributed by atoms with Crippen LogP contribution in [0.4, 0.5) is 17.1 Å². The van der Waals surface area contributed by atoms with Crippen molar-refractivity contribution in [2.75, 3.05) is 4.90 Å². The van der Waals surface area contributed by atoms with E-state index in [0.29, 0.717) is 21.2 Å². The second-order valence-electron chi connectivity index (χ2n) is 11.9. The Balaban J connectivity index is 1.16. The Morgan fingerprint density at radius 3 is 1.39 bits per heavy atom. The first-order valence-corrected chi connectivity index (χ1v) is 19.3. The molecule has 6 heteroatoms. The number of hydrogen-bond acceptors (Lipinski definition) is 3. The highest BCUT2D eigenvalue weighted by Crippen LogP contribution is 2.47. The van der Waals surface area contributed by atoms with Crippen LogP contribution >= 0.6 is 0 Å². The maximum Gasteiger partial charge on any atom is 0.210 e. The van der Waals surface area contributed by atoms with Gasteiger partial charge in [-0.15, -0.1) is 0 Å². The molecule has 0 aliphatic carbocycles. The molecule has 1 aromatic heterocycles. The van der Waals surface area contributed by atoms with Gasteiger partial charge in [-0.1, -0.05) is 108 Å². The van der Waals surface area contributed by atoms with Gasteiger partial charge in [0.05, 0.1) is 32.2 Å². The van der Waals surface area contributed by atoms with E-state index >= 15 is 0 Å². The van der Waals surface area contributed by atoms with E-state index in [9.17, 15) is 8.42 Å². The molecular weight excluding hydrogens is 577 g/mol. The molecule has 0 atom stereocenters. The molecule has 7 aromatic rings. The molecule has 44 heavy (non-hydrogen) atoms. The van der Waals surface area contributed by atoms with Crippen LogP contribution < -0.4 is 15.3 Å². The van der Waals surface area contributed by atoms with Crippen molar-refractivity contribution in [1.82, 2.24) is 4.57 Å². The third kappa shape index (κ3) is 3.91. The van der Waals surface area contributed by atoms with Crippen LogP contribution in [-0.4, -0.2) is 21.1 Å². The zero-order valence-corrected chi connectivity index (χ0v) is 26.3. The van der Waals surface area contributed by atoms with E-state index < -0.39 is 17.9 Å². The molecule has 1 aliphatic rings. The lowest BCUT2D eigenvalue weighted by atomic mass is 10.2. The number of hydrogen-bond donors (Lipinski definition) is 0. The van der Waals surface area contributed by atoms with E-state index in [1.54, 1.807) is 24.3 Å². The summed E-state index contributed by atoms with van der Waals surface area (Å²) in [5.74, 6) is 0. The van der Waals surface area contributed by atoms with Crippen molar-refractivity contribution in [3.05, 3.63) is 146 Å². The number of para-hydroxylation sites is 4. The number of benzene rings is 6. The minimum absolute atomic E-state index is 0.334. The van der Waals surface area contributed by atoms with Gasteiger partial charge in [-0.25, -0.2) is 8.42 Å². The van der Waals surface area contributed by atoms with Crippen molar-refractivity contribution >= 4 is 67.2 Å². The third-order valence-corrected chi connectivity index (χ3v) is 14.5. The average Bonchev–Trinajstić information content (AvgIpc) is 3.40. The molecule has 0 bridgehead atoms. The Morgan fingerprint density at radius 1 is 0.477 bits per heavy atom. The van der Waals surface area contributed by atoms with E-state index in [1.165, 1.54) is 32.2 Å². The van der Waals surface area contributed by atoms with Crippen LogP contribution in [-0.2, 0) is 9.84 Å². The highest BCUT2D eigenvalue weighted by molar-refractivity contribution is 7.92. The van der Waals surface area contributed by atoms with Crippen LogP contribution in [0.25, 0.3) is 27.5 Å². The Morgan fingerprint density at radius 2 is 0.886 bits per heavy atom. The number of anilines is 3. The Bertz CT molecular complexity index is 2220. The largest absolute Gasteiger partial charge is 0.309 e. The van der Waals surface area contributed by atoms with E-state index in [2.05, 4.69) is 120 Å². The molecule has 1 aliphatic heterocycles. The molecular formula is C38H30N2O2SSi. The molecule has 214 valence electrons. The van der Waals surface area contributed by atoms with Gasteiger partial charge in [-0.2, -0.15) is 0 Å². The fourth-order valence-electron chi connectivity index (χ4n) is 6.69. The third-order valence-electron chi connectivity index (χ3n) is 9.07. The lowest BCUT2D eigenvalue weighted by Crippen LogP contribution is -2.52. The first kappa shape index (κ1) is 26.7. The number of rotatable bonds is 4. The van der Waals surface area contributed by atoms with Gasteiger partial charge in [0.25, 0.3) is 0 Å². The second kappa shape index (κ2) is 9.81. The molecule has 0 saturated carbocycles. The molecule has 0 amide bonds. The molecule has 6 aromatic carbocycles. The van der Waals surface area contributed by atoms with Gasteiger partial charge in [0.15, 0.2) is 0 Å². The standard InChI is InChI=1S/C38H30N2O2SSi/c1-44(2,29-23-19-27(20-24-29)39-33-13-5-3-11-31(33)32-12-4-6-14-34(32)39)30-25-21-28(22-26-30)40-35-15-7-9-17-37(35)43(41,42)38-18-10-8-16-36(38)40/h3-26H,1-2H3. The number of fused-ring (bicyclic) bond motifs is 5. The maximum atomic E-state index is 13.4. The normalized spacial score (nSPS) is 14.0. The van der Waals surface area contributed by atoms with Crippen molar-refractivity contribution in [1.29, 1.82) is 0 Å². The summed E-state index contributed by atoms with van der Waals surface area (Å²) < 4.78 is 29.2. The van der Waals surface area contributed by atoms with Gasteiger partial charge < -0.3 is 9.47 Å². The summed E-state index contributed by atoms with van der Waals surface area (Å²) in [6.07, 6.45) is 0. The number of sulfone groups is 1. The Hall–Kier alpha value is -4.91. The molecule has 0 unspecified atom stereocenters. The van der Waals surface area contributed by atoms with E-state index in [0.717, 1.165) is 11.4 Å². The SMILES string of the molecule is C[Si](C)(c1ccc(N2c3ccccc3S(=O)(=O)c3ccccc32)cc1)c1ccc(-n2c3ccccc3c3ccccc32)cc1. The predicted octanol–water partition coefficient (Wildman–Crippen LogP) is 8.22. The summed E-state index contributed by atoms with van der Waals surface area (Å²) in [5.41, 5.74) is 5.87. The lowest BCUT2D eigenvalue weighted by Gasteiger charge is -2.33. The first-order valence-electron chi connectivity index (χ1n) is 14.8. The van der Waals surface area contributed by atoms with Gasteiger partial charge in [0.2, 0.25) is 9.84 Å². The minimum Gasteiger partial charge on any atom is -0.309 e. The summed E-state index contributed by atoms with van der Waals surface area (Å²) in [4.78, 5) is 2.73. The molecule has 0 saturated heterocycles. The van der Waals surface area contributed by atoms with Gasteiger partial charge in [-0.3, -0.25) is 0 Å². The minimum atomic E-state index is -3.59. The molecule has 0 spiro atoms. The smallest absolute Gasteiger partial charge is 0.210 e. The zero-order valence-electron chi connectivity index (χ0n) is 24.5. The topological polar surface area (TPSA) is 42.3 Å². The molecule has 0 N–H and O–H groups in total. The predicted molar refractivity (Wildman–Crippen MR) is 184 cm³/mol. The number of aromatic nitrogens is 1. The molecule has 2 heterocycles. The van der Waals surface area contributed by atoms with Crippen molar-refractivity contribution in [3.63, 3.8) is 0 Å². The van der Waals surface area contributed by atoms with Crippen LogP contribution in [0.3, 0.4) is 0 Å². The van der Waals surface area contributed by atoms with Gasteiger partial charge in [0, 0.05) is 22.1 Å². The van der Waals surface area contributed by atoms with Crippen LogP contribution in [0.2, 0.25) is 13.1 Å². The molecule has 0 fully saturated rings. The van der Waals surface area contributed by atoms with Crippen LogP contribution in [0.5, 0.6) is 0 Å². The first-order chi connectivity index (χ1) is 21.4. The van der Waals surface area contributed by atoms with E-state index in [4.69, 9.17) is 0 Å². The second-order valence-corrected chi connectivity index (χ2v) is 18.2. The van der Waals surface area contributed by atoms with Crippen molar-refractivity contribution in [2.24, 2.45) is 0 Å². The maximum absolute atomic E-state index is 13.4. The van der Waals surface area contributed by atoms with Crippen molar-refractivity contribution in [2.45, 2.75) is 22.9 Å². The molecule has 8 rings (SSSR count). The summed E-state index contributed by atoms with van der Waals surface area (Å²) >= 11 is 0. The van der Waals surface area contributed by atoms with Crippen molar-refractivity contribution < 1.29 is 8.42 Å². The van der Waals surface area contributed by atoms with E-state index in [-0.39, 0.29) is 0 Å². The highest BCUT2D eigenvalue weighted by atomic mass is 32.2. The summed E-state index contributed by atoms with van der Waals surface area (Å²) in [6, 6.07) is 49.5. The van der Waals surface area contributed by atoms with Crippen LogP contribution in [0, 0.1) is 0 Å². The van der Waals surface area contributed by atoms with Crippen molar-refractivity contribution in [3.8, 4) is 5.69 Å². The van der Waals surface area contributed by atoms with Gasteiger partial charge in [0.1, 0.15) is 8.07 Å². The quantitative estimate of drug-likeness (QED) is 0.190. The monoisotopic (exact) mass is 606 g/mol. The van der Waals surface area contributed by atoms with E-state index in [1.807, 2.05) is 24.3 Å².